The van der Waals surface area contributed by atoms with Gasteiger partial charge in [-0.2, -0.15) is 0 Å². The van der Waals surface area contributed by atoms with Crippen LogP contribution in [0.25, 0.3) is 0 Å². The van der Waals surface area contributed by atoms with Gasteiger partial charge in [0, 0.05) is 19.7 Å². The van der Waals surface area contributed by atoms with E-state index < -0.39 is 15.3 Å². The summed E-state index contributed by atoms with van der Waals surface area (Å²) in [7, 11) is -1.59. The number of ether oxygens (including phenoxy) is 1. The van der Waals surface area contributed by atoms with Crippen molar-refractivity contribution in [2.24, 2.45) is 5.73 Å². The molecule has 3 N–H and O–H groups in total. The normalized spacial score (nSPS) is 14.6. The van der Waals surface area contributed by atoms with Crippen molar-refractivity contribution in [3.8, 4) is 0 Å². The molecule has 0 aliphatic rings. The first-order valence-electron chi connectivity index (χ1n) is 4.63. The fraction of sp³-hybridized carbons (Fsp3) is 1.00. The van der Waals surface area contributed by atoms with Crippen LogP contribution in [0.4, 0.5) is 0 Å². The molecule has 6 heteroatoms. The molecule has 0 aromatic carbocycles. The van der Waals surface area contributed by atoms with Gasteiger partial charge in [0.15, 0.2) is 0 Å². The molecule has 0 aliphatic carbocycles. The minimum Gasteiger partial charge on any atom is -0.383 e. The highest BCUT2D eigenvalue weighted by atomic mass is 32.2. The lowest BCUT2D eigenvalue weighted by atomic mass is 10.2. The monoisotopic (exact) mass is 224 g/mol. The quantitative estimate of drug-likeness (QED) is 0.621. The molecule has 0 heterocycles. The van der Waals surface area contributed by atoms with E-state index in [-0.39, 0.29) is 6.04 Å². The van der Waals surface area contributed by atoms with E-state index in [0.29, 0.717) is 19.6 Å². The highest BCUT2D eigenvalue weighted by Gasteiger charge is 2.14. The second kappa shape index (κ2) is 6.34. The van der Waals surface area contributed by atoms with Gasteiger partial charge in [0.05, 0.1) is 11.9 Å². The van der Waals surface area contributed by atoms with Gasteiger partial charge < -0.3 is 10.5 Å². The number of sulfonamides is 1. The van der Waals surface area contributed by atoms with E-state index in [0.717, 1.165) is 0 Å². The largest absolute Gasteiger partial charge is 0.383 e. The summed E-state index contributed by atoms with van der Waals surface area (Å²) in [6.07, 6.45) is 0.583. The summed E-state index contributed by atoms with van der Waals surface area (Å²) in [6.45, 7) is 4.09. The Kier molecular flexibility index (Phi) is 6.26. The molecule has 14 heavy (non-hydrogen) atoms. The molecule has 0 radical (unpaired) electrons. The van der Waals surface area contributed by atoms with E-state index in [2.05, 4.69) is 4.72 Å². The van der Waals surface area contributed by atoms with Crippen molar-refractivity contribution in [1.29, 1.82) is 0 Å². The van der Waals surface area contributed by atoms with Gasteiger partial charge >= 0.3 is 0 Å². The molecular formula is C8H20N2O3S. The van der Waals surface area contributed by atoms with Crippen molar-refractivity contribution in [3.05, 3.63) is 0 Å². The number of methoxy groups -OCH3 is 1. The molecule has 0 amide bonds. The zero-order valence-corrected chi connectivity index (χ0v) is 9.80. The fourth-order valence-electron chi connectivity index (χ4n) is 0.851. The van der Waals surface area contributed by atoms with Crippen LogP contribution in [0, 0.1) is 0 Å². The molecule has 0 saturated heterocycles. The molecule has 5 nitrogen and oxygen atoms in total. The van der Waals surface area contributed by atoms with E-state index in [4.69, 9.17) is 10.5 Å². The zero-order valence-electron chi connectivity index (χ0n) is 8.99. The molecule has 0 fully saturated rings. The van der Waals surface area contributed by atoms with Crippen LogP contribution in [0.15, 0.2) is 0 Å². The SMILES string of the molecule is COCC(N)CCNS(=O)(=O)C(C)C. The van der Waals surface area contributed by atoms with E-state index in [9.17, 15) is 8.42 Å². The van der Waals surface area contributed by atoms with Crippen molar-refractivity contribution in [1.82, 2.24) is 4.72 Å². The minimum atomic E-state index is -3.16. The third-order valence-electron chi connectivity index (χ3n) is 1.82. The van der Waals surface area contributed by atoms with Gasteiger partial charge in [-0.1, -0.05) is 0 Å². The third-order valence-corrected chi connectivity index (χ3v) is 3.67. The maximum atomic E-state index is 11.3. The Balaban J connectivity index is 3.74. The summed E-state index contributed by atoms with van der Waals surface area (Å²) in [6, 6.07) is -0.116. The summed E-state index contributed by atoms with van der Waals surface area (Å²) < 4.78 is 29.9. The maximum Gasteiger partial charge on any atom is 0.213 e. The average Bonchev–Trinajstić information content (AvgIpc) is 2.04. The van der Waals surface area contributed by atoms with Gasteiger partial charge in [-0.05, 0) is 20.3 Å². The molecular weight excluding hydrogens is 204 g/mol. The van der Waals surface area contributed by atoms with Crippen LogP contribution in [0.2, 0.25) is 0 Å². The summed E-state index contributed by atoms with van der Waals surface area (Å²) >= 11 is 0. The summed E-state index contributed by atoms with van der Waals surface area (Å²) in [5.41, 5.74) is 5.63. The van der Waals surface area contributed by atoms with Crippen LogP contribution in [-0.4, -0.2) is 40.0 Å². The molecule has 0 rings (SSSR count). The van der Waals surface area contributed by atoms with Crippen LogP contribution < -0.4 is 10.5 Å². The summed E-state index contributed by atoms with van der Waals surface area (Å²) in [5.74, 6) is 0. The van der Waals surface area contributed by atoms with Gasteiger partial charge in [0.2, 0.25) is 10.0 Å². The zero-order chi connectivity index (χ0) is 11.2. The molecule has 0 bridgehead atoms. The predicted octanol–water partition coefficient (Wildman–Crippen LogP) is -0.322. The lowest BCUT2D eigenvalue weighted by Crippen LogP contribution is -2.35. The molecule has 86 valence electrons. The van der Waals surface area contributed by atoms with E-state index >= 15 is 0 Å². The Labute approximate surface area is 86.1 Å². The Morgan fingerprint density at radius 1 is 1.43 bits per heavy atom. The molecule has 1 unspecified atom stereocenters. The predicted molar refractivity (Wildman–Crippen MR) is 56.5 cm³/mol. The van der Waals surface area contributed by atoms with Crippen LogP contribution in [0.3, 0.4) is 0 Å². The Bertz CT molecular complexity index is 239. The first-order chi connectivity index (χ1) is 6.40. The number of hydrogen-bond donors (Lipinski definition) is 2. The van der Waals surface area contributed by atoms with E-state index in [1.165, 1.54) is 0 Å². The second-order valence-corrected chi connectivity index (χ2v) is 5.81. The first-order valence-corrected chi connectivity index (χ1v) is 6.17. The lowest BCUT2D eigenvalue weighted by Gasteiger charge is -2.12. The average molecular weight is 224 g/mol. The highest BCUT2D eigenvalue weighted by molar-refractivity contribution is 7.90. The molecule has 0 saturated carbocycles. The van der Waals surface area contributed by atoms with Crippen LogP contribution >= 0.6 is 0 Å². The van der Waals surface area contributed by atoms with Crippen molar-refractivity contribution >= 4 is 10.0 Å². The van der Waals surface area contributed by atoms with E-state index in [1.807, 2.05) is 0 Å². The number of hydrogen-bond acceptors (Lipinski definition) is 4. The second-order valence-electron chi connectivity index (χ2n) is 3.49. The van der Waals surface area contributed by atoms with Gasteiger partial charge in [0.25, 0.3) is 0 Å². The minimum absolute atomic E-state index is 0.116. The van der Waals surface area contributed by atoms with E-state index in [1.54, 1.807) is 21.0 Å². The van der Waals surface area contributed by atoms with Crippen molar-refractivity contribution < 1.29 is 13.2 Å². The van der Waals surface area contributed by atoms with Crippen molar-refractivity contribution in [2.45, 2.75) is 31.6 Å². The van der Waals surface area contributed by atoms with Gasteiger partial charge in [-0.15, -0.1) is 0 Å². The number of nitrogens with one attached hydrogen (secondary N) is 1. The van der Waals surface area contributed by atoms with Crippen LogP contribution in [-0.2, 0) is 14.8 Å². The Hall–Kier alpha value is -0.170. The van der Waals surface area contributed by atoms with Gasteiger partial charge in [0.1, 0.15) is 0 Å². The summed E-state index contributed by atoms with van der Waals surface area (Å²) in [4.78, 5) is 0. The smallest absolute Gasteiger partial charge is 0.213 e. The van der Waals surface area contributed by atoms with Crippen LogP contribution in [0.5, 0.6) is 0 Å². The van der Waals surface area contributed by atoms with Crippen LogP contribution in [0.1, 0.15) is 20.3 Å². The molecule has 1 atom stereocenters. The van der Waals surface area contributed by atoms with Gasteiger partial charge in [-0.25, -0.2) is 13.1 Å². The topological polar surface area (TPSA) is 81.4 Å². The number of rotatable bonds is 7. The lowest BCUT2D eigenvalue weighted by molar-refractivity contribution is 0.177. The third kappa shape index (κ3) is 5.54. The first kappa shape index (κ1) is 13.8. The standard InChI is InChI=1S/C8H20N2O3S/c1-7(2)14(11,12)10-5-4-8(9)6-13-3/h7-8,10H,4-6,9H2,1-3H3. The Morgan fingerprint density at radius 3 is 2.43 bits per heavy atom. The van der Waals surface area contributed by atoms with Crippen molar-refractivity contribution in [2.75, 3.05) is 20.3 Å². The molecule has 0 aliphatic heterocycles. The molecule has 0 spiro atoms. The fourth-order valence-corrected chi connectivity index (χ4v) is 1.59. The van der Waals surface area contributed by atoms with Gasteiger partial charge in [-0.3, -0.25) is 0 Å². The molecule has 0 aromatic rings. The maximum absolute atomic E-state index is 11.3. The summed E-state index contributed by atoms with van der Waals surface area (Å²) in [5, 5.41) is -0.402. The Morgan fingerprint density at radius 2 is 2.00 bits per heavy atom. The van der Waals surface area contributed by atoms with Crippen molar-refractivity contribution in [3.63, 3.8) is 0 Å². The molecule has 0 aromatic heterocycles. The number of nitrogens with two attached hydrogens (primary N) is 1. The highest BCUT2D eigenvalue weighted by Crippen LogP contribution is 1.96.